The van der Waals surface area contributed by atoms with Gasteiger partial charge in [0, 0.05) is 17.3 Å². The fourth-order valence-corrected chi connectivity index (χ4v) is 1.32. The molecule has 4 nitrogen and oxygen atoms in total. The van der Waals surface area contributed by atoms with Gasteiger partial charge in [0.15, 0.2) is 0 Å². The number of aromatic nitrogens is 1. The monoisotopic (exact) mass is 209 g/mol. The molecule has 4 heteroatoms. The molecule has 1 rings (SSSR count). The van der Waals surface area contributed by atoms with Crippen LogP contribution in [0.15, 0.2) is 18.9 Å². The summed E-state index contributed by atoms with van der Waals surface area (Å²) in [4.78, 5) is 4.08. The van der Waals surface area contributed by atoms with Gasteiger partial charge in [0.2, 0.25) is 0 Å². The zero-order chi connectivity index (χ0) is 11.3. The molecule has 0 aliphatic carbocycles. The first-order valence-electron chi connectivity index (χ1n) is 4.67. The zero-order valence-corrected chi connectivity index (χ0v) is 8.73. The molecule has 0 bridgehead atoms. The van der Waals surface area contributed by atoms with Crippen molar-refractivity contribution >= 4 is 0 Å². The van der Waals surface area contributed by atoms with Crippen molar-refractivity contribution in [2.45, 2.75) is 20.1 Å². The standard InChI is InChI=1S/C11H15NO3/c1-3-4-15-11-8(2)12-5-9(6-13)10(11)7-14/h3,5,13-14H,1,4,6-7H2,2H3. The van der Waals surface area contributed by atoms with Gasteiger partial charge in [0.1, 0.15) is 12.4 Å². The van der Waals surface area contributed by atoms with Gasteiger partial charge in [-0.15, -0.1) is 0 Å². The van der Waals surface area contributed by atoms with E-state index in [0.29, 0.717) is 29.2 Å². The molecule has 0 saturated heterocycles. The summed E-state index contributed by atoms with van der Waals surface area (Å²) in [5, 5.41) is 18.3. The Labute approximate surface area is 88.9 Å². The Morgan fingerprint density at radius 2 is 2.20 bits per heavy atom. The quantitative estimate of drug-likeness (QED) is 0.708. The van der Waals surface area contributed by atoms with Gasteiger partial charge in [-0.05, 0) is 6.92 Å². The van der Waals surface area contributed by atoms with Gasteiger partial charge < -0.3 is 14.9 Å². The Morgan fingerprint density at radius 3 is 2.73 bits per heavy atom. The minimum absolute atomic E-state index is 0.159. The van der Waals surface area contributed by atoms with Crippen LogP contribution >= 0.6 is 0 Å². The summed E-state index contributed by atoms with van der Waals surface area (Å²) in [6.07, 6.45) is 3.16. The molecule has 2 N–H and O–H groups in total. The number of hydrogen-bond donors (Lipinski definition) is 2. The van der Waals surface area contributed by atoms with Crippen LogP contribution in [-0.4, -0.2) is 21.8 Å². The molecule has 0 aliphatic rings. The number of ether oxygens (including phenoxy) is 1. The third-order valence-electron chi connectivity index (χ3n) is 2.08. The molecule has 0 unspecified atom stereocenters. The second-order valence-electron chi connectivity index (χ2n) is 3.09. The summed E-state index contributed by atoms with van der Waals surface area (Å²) in [6.45, 7) is 5.35. The largest absolute Gasteiger partial charge is 0.487 e. The average molecular weight is 209 g/mol. The minimum Gasteiger partial charge on any atom is -0.487 e. The maximum absolute atomic E-state index is 9.21. The van der Waals surface area contributed by atoms with E-state index >= 15 is 0 Å². The molecule has 0 atom stereocenters. The first-order valence-corrected chi connectivity index (χ1v) is 4.67. The highest BCUT2D eigenvalue weighted by molar-refractivity contribution is 5.41. The van der Waals surface area contributed by atoms with Gasteiger partial charge in [-0.2, -0.15) is 0 Å². The predicted molar refractivity (Wildman–Crippen MR) is 56.5 cm³/mol. The summed E-state index contributed by atoms with van der Waals surface area (Å²) in [6, 6.07) is 0. The molecule has 1 aromatic heterocycles. The van der Waals surface area contributed by atoms with Crippen molar-refractivity contribution in [3.63, 3.8) is 0 Å². The van der Waals surface area contributed by atoms with E-state index in [9.17, 15) is 5.11 Å². The maximum Gasteiger partial charge on any atom is 0.146 e. The first-order chi connectivity index (χ1) is 7.24. The molecule has 0 saturated carbocycles. The highest BCUT2D eigenvalue weighted by atomic mass is 16.5. The molecule has 0 aliphatic heterocycles. The fourth-order valence-electron chi connectivity index (χ4n) is 1.32. The smallest absolute Gasteiger partial charge is 0.146 e. The third-order valence-corrected chi connectivity index (χ3v) is 2.08. The van der Waals surface area contributed by atoms with Gasteiger partial charge in [-0.25, -0.2) is 0 Å². The topological polar surface area (TPSA) is 62.6 Å². The third kappa shape index (κ3) is 2.55. The Balaban J connectivity index is 3.13. The van der Waals surface area contributed by atoms with Crippen LogP contribution in [-0.2, 0) is 13.2 Å². The van der Waals surface area contributed by atoms with Crippen molar-refractivity contribution in [3.05, 3.63) is 35.7 Å². The second kappa shape index (κ2) is 5.48. The van der Waals surface area contributed by atoms with Crippen LogP contribution in [0.2, 0.25) is 0 Å². The van der Waals surface area contributed by atoms with E-state index in [-0.39, 0.29) is 13.2 Å². The molecular weight excluding hydrogens is 194 g/mol. The normalized spacial score (nSPS) is 10.1. The zero-order valence-electron chi connectivity index (χ0n) is 8.73. The van der Waals surface area contributed by atoms with Crippen LogP contribution < -0.4 is 4.74 Å². The number of aliphatic hydroxyl groups excluding tert-OH is 2. The van der Waals surface area contributed by atoms with Crippen molar-refractivity contribution in [1.29, 1.82) is 0 Å². The SMILES string of the molecule is C=CCOc1c(C)ncc(CO)c1CO. The van der Waals surface area contributed by atoms with Crippen molar-refractivity contribution < 1.29 is 14.9 Å². The van der Waals surface area contributed by atoms with Gasteiger partial charge in [-0.1, -0.05) is 12.7 Å². The molecule has 1 aromatic rings. The molecule has 1 heterocycles. The molecule has 15 heavy (non-hydrogen) atoms. The molecule has 0 amide bonds. The number of pyridine rings is 1. The van der Waals surface area contributed by atoms with Crippen molar-refractivity contribution in [1.82, 2.24) is 4.98 Å². The van der Waals surface area contributed by atoms with Gasteiger partial charge in [0.25, 0.3) is 0 Å². The van der Waals surface area contributed by atoms with Crippen molar-refractivity contribution in [2.75, 3.05) is 6.61 Å². The Morgan fingerprint density at radius 1 is 1.47 bits per heavy atom. The van der Waals surface area contributed by atoms with Crippen LogP contribution in [0.1, 0.15) is 16.8 Å². The first kappa shape index (κ1) is 11.7. The number of hydrogen-bond acceptors (Lipinski definition) is 4. The lowest BCUT2D eigenvalue weighted by Crippen LogP contribution is -2.05. The summed E-state index contributed by atoms with van der Waals surface area (Å²) in [5.41, 5.74) is 1.87. The second-order valence-corrected chi connectivity index (χ2v) is 3.09. The number of aliphatic hydroxyl groups is 2. The minimum atomic E-state index is -0.175. The van der Waals surface area contributed by atoms with Crippen LogP contribution in [0.25, 0.3) is 0 Å². The highest BCUT2D eigenvalue weighted by Gasteiger charge is 2.12. The summed E-state index contributed by atoms with van der Waals surface area (Å²) in [5.74, 6) is 0.531. The summed E-state index contributed by atoms with van der Waals surface area (Å²) < 4.78 is 5.40. The lowest BCUT2D eigenvalue weighted by molar-refractivity contribution is 0.250. The van der Waals surface area contributed by atoms with E-state index in [2.05, 4.69) is 11.6 Å². The summed E-state index contributed by atoms with van der Waals surface area (Å²) in [7, 11) is 0. The Hall–Kier alpha value is -1.39. The van der Waals surface area contributed by atoms with Crippen LogP contribution in [0.3, 0.4) is 0 Å². The lowest BCUT2D eigenvalue weighted by Gasteiger charge is -2.13. The number of rotatable bonds is 5. The molecular formula is C11H15NO3. The van der Waals surface area contributed by atoms with Crippen molar-refractivity contribution in [3.8, 4) is 5.75 Å². The van der Waals surface area contributed by atoms with E-state index < -0.39 is 0 Å². The van der Waals surface area contributed by atoms with Crippen molar-refractivity contribution in [2.24, 2.45) is 0 Å². The van der Waals surface area contributed by atoms with Gasteiger partial charge in [-0.3, -0.25) is 4.98 Å². The van der Waals surface area contributed by atoms with E-state index in [0.717, 1.165) is 0 Å². The molecule has 0 radical (unpaired) electrons. The van der Waals surface area contributed by atoms with E-state index in [1.165, 1.54) is 0 Å². The number of nitrogens with zero attached hydrogens (tertiary/aromatic N) is 1. The van der Waals surface area contributed by atoms with Crippen LogP contribution in [0.5, 0.6) is 5.75 Å². The van der Waals surface area contributed by atoms with E-state index in [1.54, 1.807) is 19.2 Å². The summed E-state index contributed by atoms with van der Waals surface area (Å²) >= 11 is 0. The van der Waals surface area contributed by atoms with Gasteiger partial charge in [0.05, 0.1) is 18.9 Å². The number of aryl methyl sites for hydroxylation is 1. The Bertz CT molecular complexity index is 350. The molecule has 0 spiro atoms. The highest BCUT2D eigenvalue weighted by Crippen LogP contribution is 2.25. The van der Waals surface area contributed by atoms with Gasteiger partial charge >= 0.3 is 0 Å². The molecule has 0 aromatic carbocycles. The van der Waals surface area contributed by atoms with E-state index in [1.807, 2.05) is 0 Å². The maximum atomic E-state index is 9.21. The average Bonchev–Trinajstić information content (AvgIpc) is 2.27. The predicted octanol–water partition coefficient (Wildman–Crippen LogP) is 0.939. The molecule has 0 fully saturated rings. The lowest BCUT2D eigenvalue weighted by atomic mass is 10.1. The van der Waals surface area contributed by atoms with Crippen LogP contribution in [0, 0.1) is 6.92 Å². The fraction of sp³-hybridized carbons (Fsp3) is 0.364. The van der Waals surface area contributed by atoms with Crippen LogP contribution in [0.4, 0.5) is 0 Å². The Kier molecular flexibility index (Phi) is 4.27. The van der Waals surface area contributed by atoms with E-state index in [4.69, 9.17) is 9.84 Å². The molecule has 82 valence electrons.